The number of hydrogen-bond donors (Lipinski definition) is 0. The fraction of sp³-hybridized carbons (Fsp3) is 0.958. The van der Waals surface area contributed by atoms with Crippen molar-refractivity contribution in [1.29, 1.82) is 0 Å². The van der Waals surface area contributed by atoms with E-state index in [0.29, 0.717) is 0 Å². The molecule has 4 aliphatic rings. The van der Waals surface area contributed by atoms with Crippen LogP contribution in [-0.4, -0.2) is 54.3 Å². The number of carbonyl (C=O) groups excluding carboxylic acids is 1. The Balaban J connectivity index is 0.000000376. The molecule has 3 heteroatoms. The summed E-state index contributed by atoms with van der Waals surface area (Å²) >= 11 is 0. The van der Waals surface area contributed by atoms with Crippen molar-refractivity contribution in [2.24, 2.45) is 23.2 Å². The van der Waals surface area contributed by atoms with E-state index in [9.17, 15) is 4.79 Å². The maximum absolute atomic E-state index is 9.50. The summed E-state index contributed by atoms with van der Waals surface area (Å²) in [6, 6.07) is 1.87. The van der Waals surface area contributed by atoms with Gasteiger partial charge in [0.1, 0.15) is 6.29 Å². The normalized spacial score (nSPS) is 27.9. The van der Waals surface area contributed by atoms with Crippen LogP contribution in [0, 0.1) is 23.2 Å². The van der Waals surface area contributed by atoms with E-state index in [0.717, 1.165) is 35.6 Å². The van der Waals surface area contributed by atoms with Gasteiger partial charge in [0.2, 0.25) is 0 Å². The largest absolute Gasteiger partial charge is 0.303 e. The van der Waals surface area contributed by atoms with E-state index >= 15 is 0 Å². The van der Waals surface area contributed by atoms with Crippen molar-refractivity contribution in [3.05, 3.63) is 0 Å². The van der Waals surface area contributed by atoms with Gasteiger partial charge in [-0.2, -0.15) is 0 Å². The zero-order chi connectivity index (χ0) is 19.4. The highest BCUT2D eigenvalue weighted by Crippen LogP contribution is 2.57. The van der Waals surface area contributed by atoms with Crippen LogP contribution in [0.15, 0.2) is 0 Å². The SMILES string of the molecule is CC(C)C1CCN(C2CCN(C3CC4(CCC4)C3)CC2)CC1.CC(C)C=O. The molecule has 0 aromatic carbocycles. The molecule has 2 aliphatic heterocycles. The molecule has 156 valence electrons. The Kier molecular flexibility index (Phi) is 7.41. The molecule has 0 bridgehead atoms. The monoisotopic (exact) mass is 376 g/mol. The Morgan fingerprint density at radius 3 is 1.70 bits per heavy atom. The summed E-state index contributed by atoms with van der Waals surface area (Å²) in [5.74, 6) is 2.08. The van der Waals surface area contributed by atoms with E-state index in [1.807, 2.05) is 13.8 Å². The van der Waals surface area contributed by atoms with Gasteiger partial charge in [-0.15, -0.1) is 0 Å². The highest BCUT2D eigenvalue weighted by molar-refractivity contribution is 5.51. The van der Waals surface area contributed by atoms with Crippen molar-refractivity contribution < 1.29 is 4.79 Å². The van der Waals surface area contributed by atoms with Crippen molar-refractivity contribution in [1.82, 2.24) is 9.80 Å². The van der Waals surface area contributed by atoms with E-state index in [-0.39, 0.29) is 5.92 Å². The molecule has 4 fully saturated rings. The van der Waals surface area contributed by atoms with Crippen LogP contribution in [0.5, 0.6) is 0 Å². The Morgan fingerprint density at radius 2 is 1.30 bits per heavy atom. The van der Waals surface area contributed by atoms with Gasteiger partial charge in [0, 0.05) is 18.0 Å². The van der Waals surface area contributed by atoms with Crippen LogP contribution in [0.1, 0.15) is 85.5 Å². The smallest absolute Gasteiger partial charge is 0.122 e. The third-order valence-electron chi connectivity index (χ3n) is 8.07. The van der Waals surface area contributed by atoms with E-state index in [2.05, 4.69) is 23.6 Å². The van der Waals surface area contributed by atoms with Gasteiger partial charge in [0.15, 0.2) is 0 Å². The van der Waals surface area contributed by atoms with Gasteiger partial charge in [0.05, 0.1) is 0 Å². The molecule has 2 saturated heterocycles. The Labute approximate surface area is 168 Å². The molecule has 0 N–H and O–H groups in total. The molecule has 0 radical (unpaired) electrons. The molecule has 0 amide bonds. The summed E-state index contributed by atoms with van der Waals surface area (Å²) in [6.07, 6.45) is 14.4. The van der Waals surface area contributed by atoms with Gasteiger partial charge in [0.25, 0.3) is 0 Å². The van der Waals surface area contributed by atoms with Crippen LogP contribution in [0.25, 0.3) is 0 Å². The number of nitrogens with zero attached hydrogens (tertiary/aromatic N) is 2. The number of likely N-dealkylation sites (tertiary alicyclic amines) is 2. The summed E-state index contributed by atoms with van der Waals surface area (Å²) in [5, 5.41) is 0. The van der Waals surface area contributed by atoms with Crippen LogP contribution in [0.4, 0.5) is 0 Å². The average molecular weight is 377 g/mol. The summed E-state index contributed by atoms with van der Waals surface area (Å²) in [4.78, 5) is 15.2. The van der Waals surface area contributed by atoms with E-state index in [4.69, 9.17) is 0 Å². The number of rotatable bonds is 4. The molecule has 2 aliphatic carbocycles. The molecule has 0 atom stereocenters. The predicted molar refractivity (Wildman–Crippen MR) is 114 cm³/mol. The summed E-state index contributed by atoms with van der Waals surface area (Å²) in [5.41, 5.74) is 0.847. The highest BCUT2D eigenvalue weighted by atomic mass is 16.1. The number of aldehydes is 1. The van der Waals surface area contributed by atoms with Crippen LogP contribution in [-0.2, 0) is 4.79 Å². The summed E-state index contributed by atoms with van der Waals surface area (Å²) in [7, 11) is 0. The molecule has 2 heterocycles. The predicted octanol–water partition coefficient (Wildman–Crippen LogP) is 4.99. The van der Waals surface area contributed by atoms with Crippen LogP contribution < -0.4 is 0 Å². The standard InChI is InChI=1S/C20H36N2.C4H8O/c1-16(2)17-4-10-21(11-5-17)18-6-12-22(13-7-18)19-14-20(15-19)8-3-9-20;1-4(2)3-5/h16-19H,3-15H2,1-2H3;3-4H,1-2H3. The third-order valence-corrected chi connectivity index (χ3v) is 8.07. The van der Waals surface area contributed by atoms with Crippen molar-refractivity contribution in [2.75, 3.05) is 26.2 Å². The second-order valence-corrected chi connectivity index (χ2v) is 10.7. The first-order valence-electron chi connectivity index (χ1n) is 11.9. The first-order chi connectivity index (χ1) is 12.9. The molecule has 0 aromatic rings. The molecule has 1 spiro atoms. The number of piperidine rings is 2. The molecular formula is C24H44N2O. The van der Waals surface area contributed by atoms with Gasteiger partial charge in [-0.25, -0.2) is 0 Å². The van der Waals surface area contributed by atoms with Crippen molar-refractivity contribution in [3.63, 3.8) is 0 Å². The third kappa shape index (κ3) is 5.35. The van der Waals surface area contributed by atoms with Crippen molar-refractivity contribution in [3.8, 4) is 0 Å². The minimum Gasteiger partial charge on any atom is -0.303 e. The lowest BCUT2D eigenvalue weighted by molar-refractivity contribution is -0.110. The minimum absolute atomic E-state index is 0.204. The molecule has 27 heavy (non-hydrogen) atoms. The lowest BCUT2D eigenvalue weighted by Crippen LogP contribution is -2.57. The fourth-order valence-electron chi connectivity index (χ4n) is 5.85. The highest BCUT2D eigenvalue weighted by Gasteiger charge is 2.50. The van der Waals surface area contributed by atoms with Crippen molar-refractivity contribution in [2.45, 2.75) is 97.6 Å². The second kappa shape index (κ2) is 9.39. The van der Waals surface area contributed by atoms with Gasteiger partial charge >= 0.3 is 0 Å². The molecule has 2 saturated carbocycles. The maximum Gasteiger partial charge on any atom is 0.122 e. The lowest BCUT2D eigenvalue weighted by atomic mass is 9.53. The van der Waals surface area contributed by atoms with Gasteiger partial charge in [-0.1, -0.05) is 34.1 Å². The minimum atomic E-state index is 0.204. The van der Waals surface area contributed by atoms with Crippen LogP contribution >= 0.6 is 0 Å². The summed E-state index contributed by atoms with van der Waals surface area (Å²) < 4.78 is 0. The van der Waals surface area contributed by atoms with E-state index < -0.39 is 0 Å². The average Bonchev–Trinajstić information content (AvgIpc) is 2.60. The molecule has 0 aromatic heterocycles. The molecular weight excluding hydrogens is 332 g/mol. The number of carbonyl (C=O) groups is 1. The molecule has 3 nitrogen and oxygen atoms in total. The van der Waals surface area contributed by atoms with Crippen LogP contribution in [0.2, 0.25) is 0 Å². The molecule has 0 unspecified atom stereocenters. The quantitative estimate of drug-likeness (QED) is 0.646. The van der Waals surface area contributed by atoms with Gasteiger partial charge in [-0.05, 0) is 94.8 Å². The second-order valence-electron chi connectivity index (χ2n) is 10.7. The zero-order valence-electron chi connectivity index (χ0n) is 18.5. The number of hydrogen-bond acceptors (Lipinski definition) is 3. The fourth-order valence-corrected chi connectivity index (χ4v) is 5.85. The topological polar surface area (TPSA) is 23.6 Å². The Morgan fingerprint density at radius 1 is 0.815 bits per heavy atom. The first-order valence-corrected chi connectivity index (χ1v) is 11.9. The van der Waals surface area contributed by atoms with E-state index in [1.54, 1.807) is 12.8 Å². The first kappa shape index (κ1) is 21.3. The van der Waals surface area contributed by atoms with Gasteiger partial charge < -0.3 is 14.6 Å². The summed E-state index contributed by atoms with van der Waals surface area (Å²) in [6.45, 7) is 14.0. The maximum atomic E-state index is 9.50. The van der Waals surface area contributed by atoms with Gasteiger partial charge in [-0.3, -0.25) is 0 Å². The van der Waals surface area contributed by atoms with Crippen LogP contribution in [0.3, 0.4) is 0 Å². The Hall–Kier alpha value is -0.410. The lowest BCUT2D eigenvalue weighted by Gasteiger charge is -2.58. The zero-order valence-corrected chi connectivity index (χ0v) is 18.5. The Bertz CT molecular complexity index is 447. The van der Waals surface area contributed by atoms with Crippen molar-refractivity contribution >= 4 is 6.29 Å². The molecule has 4 rings (SSSR count). The van der Waals surface area contributed by atoms with E-state index in [1.165, 1.54) is 71.1 Å².